The second-order valence-electron chi connectivity index (χ2n) is 5.26. The Morgan fingerprint density at radius 2 is 1.87 bits per heavy atom. The van der Waals surface area contributed by atoms with Crippen LogP contribution in [0.4, 0.5) is 0 Å². The zero-order chi connectivity index (χ0) is 17.9. The molecule has 1 heterocycles. The third-order valence-electron chi connectivity index (χ3n) is 3.45. The zero-order valence-electron chi connectivity index (χ0n) is 12.2. The predicted molar refractivity (Wildman–Crippen MR) is 71.8 cm³/mol. The van der Waals surface area contributed by atoms with Gasteiger partial charge in [0.05, 0.1) is 19.1 Å². The van der Waals surface area contributed by atoms with Crippen LogP contribution in [0.25, 0.3) is 0 Å². The van der Waals surface area contributed by atoms with Gasteiger partial charge in [0.2, 0.25) is 11.7 Å². The number of carbonyl (C=O) groups excluding carboxylic acids is 2. The van der Waals surface area contributed by atoms with Crippen LogP contribution in [0.5, 0.6) is 0 Å². The van der Waals surface area contributed by atoms with Crippen LogP contribution in [0, 0.1) is 0 Å². The summed E-state index contributed by atoms with van der Waals surface area (Å²) >= 11 is 0. The van der Waals surface area contributed by atoms with Crippen molar-refractivity contribution in [2.45, 2.75) is 49.5 Å². The summed E-state index contributed by atoms with van der Waals surface area (Å²) in [6.45, 7) is 0.175. The molecule has 1 aliphatic heterocycles. The first kappa shape index (κ1) is 19.4. The number of hydrogen-bond acceptors (Lipinski definition) is 9. The number of aliphatic carboxylic acids is 1. The lowest BCUT2D eigenvalue weighted by atomic mass is 9.85. The molecule has 0 saturated carbocycles. The van der Waals surface area contributed by atoms with Crippen molar-refractivity contribution in [3.05, 3.63) is 0 Å². The maximum absolute atomic E-state index is 12.3. The van der Waals surface area contributed by atoms with Crippen LogP contribution in [-0.4, -0.2) is 86.0 Å². The first-order valence-corrected chi connectivity index (χ1v) is 6.70. The fraction of sp³-hybridized carbons (Fsp3) is 0.750. The van der Waals surface area contributed by atoms with Crippen LogP contribution in [0.15, 0.2) is 0 Å². The molecule has 23 heavy (non-hydrogen) atoms. The van der Waals surface area contributed by atoms with Crippen molar-refractivity contribution in [2.24, 2.45) is 5.73 Å². The van der Waals surface area contributed by atoms with Crippen LogP contribution in [0.2, 0.25) is 0 Å². The topological polar surface area (TPSA) is 200 Å². The van der Waals surface area contributed by atoms with Crippen LogP contribution in [-0.2, 0) is 19.1 Å². The number of ketones is 1. The number of rotatable bonds is 6. The maximum atomic E-state index is 12.3. The number of carbonyl (C=O) groups is 3. The fourth-order valence-corrected chi connectivity index (χ4v) is 2.33. The molecule has 132 valence electrons. The van der Waals surface area contributed by atoms with Gasteiger partial charge in [0.1, 0.15) is 24.4 Å². The molecule has 1 fully saturated rings. The van der Waals surface area contributed by atoms with Crippen molar-refractivity contribution in [1.82, 2.24) is 5.32 Å². The van der Waals surface area contributed by atoms with Gasteiger partial charge in [-0.05, 0) is 0 Å². The minimum atomic E-state index is -2.91. The third kappa shape index (κ3) is 4.02. The summed E-state index contributed by atoms with van der Waals surface area (Å²) in [7, 11) is 0. The number of nitrogens with two attached hydrogens (primary N) is 1. The molecule has 0 aromatic carbocycles. The first-order chi connectivity index (χ1) is 10.5. The summed E-state index contributed by atoms with van der Waals surface area (Å²) in [4.78, 5) is 34.1. The molecule has 0 aromatic rings. The maximum Gasteiger partial charge on any atom is 0.305 e. The number of Topliss-reactive ketones (excluding diaryl/α,β-unsaturated/α-hetero) is 1. The van der Waals surface area contributed by atoms with Crippen molar-refractivity contribution >= 4 is 17.7 Å². The Morgan fingerprint density at radius 1 is 1.30 bits per heavy atom. The Morgan fingerprint density at radius 3 is 2.30 bits per heavy atom. The molecule has 0 bridgehead atoms. The largest absolute Gasteiger partial charge is 0.481 e. The second kappa shape index (κ2) is 7.29. The van der Waals surface area contributed by atoms with Crippen molar-refractivity contribution in [3.63, 3.8) is 0 Å². The summed E-state index contributed by atoms with van der Waals surface area (Å²) in [5.41, 5.74) is 5.40. The van der Waals surface area contributed by atoms with E-state index in [4.69, 9.17) is 20.7 Å². The molecule has 11 heteroatoms. The highest BCUT2D eigenvalue weighted by atomic mass is 16.7. The highest BCUT2D eigenvalue weighted by molar-refractivity contribution is 5.94. The number of ether oxygens (including phenoxy) is 1. The Hall–Kier alpha value is -1.63. The molecule has 0 aliphatic carbocycles. The van der Waals surface area contributed by atoms with E-state index in [9.17, 15) is 29.7 Å². The standard InChI is InChI=1S/C12H20N2O9/c1-4(16)14-10-9(20)8(19)6(3-15)23-12(10,22)11(21)5(13)2-7(17)18/h5-6,8-10,15,19-20,22H,2-3,13H2,1H3,(H,14,16)(H,17,18)/t5-,6+,8+,9-,10+,12?/m0/s1. The molecular formula is C12H20N2O9. The molecule has 1 saturated heterocycles. The van der Waals surface area contributed by atoms with Gasteiger partial charge in [-0.15, -0.1) is 0 Å². The highest BCUT2D eigenvalue weighted by Gasteiger charge is 2.58. The van der Waals surface area contributed by atoms with Crippen molar-refractivity contribution in [3.8, 4) is 0 Å². The molecule has 6 atom stereocenters. The van der Waals surface area contributed by atoms with Crippen molar-refractivity contribution < 1.29 is 44.7 Å². The minimum Gasteiger partial charge on any atom is -0.481 e. The number of amides is 1. The van der Waals surface area contributed by atoms with Gasteiger partial charge < -0.3 is 41.3 Å². The van der Waals surface area contributed by atoms with E-state index >= 15 is 0 Å². The summed E-state index contributed by atoms with van der Waals surface area (Å²) in [5.74, 6) is -6.40. The van der Waals surface area contributed by atoms with E-state index in [0.29, 0.717) is 0 Å². The van der Waals surface area contributed by atoms with Crippen LogP contribution in [0.3, 0.4) is 0 Å². The normalized spacial score (nSPS) is 35.4. The fourth-order valence-electron chi connectivity index (χ4n) is 2.33. The average Bonchev–Trinajstić information content (AvgIpc) is 2.45. The number of nitrogens with one attached hydrogen (secondary N) is 1. The van der Waals surface area contributed by atoms with Gasteiger partial charge in [-0.1, -0.05) is 0 Å². The summed E-state index contributed by atoms with van der Waals surface area (Å²) in [5, 5.41) is 50.1. The van der Waals surface area contributed by atoms with Crippen molar-refractivity contribution in [1.29, 1.82) is 0 Å². The Bertz CT molecular complexity index is 485. The van der Waals surface area contributed by atoms with Crippen LogP contribution in [0.1, 0.15) is 13.3 Å². The number of carboxylic acid groups (broad SMARTS) is 1. The Kier molecular flexibility index (Phi) is 6.16. The van der Waals surface area contributed by atoms with Gasteiger partial charge in [0.15, 0.2) is 0 Å². The van der Waals surface area contributed by atoms with Gasteiger partial charge >= 0.3 is 5.97 Å². The van der Waals surface area contributed by atoms with E-state index in [1.807, 2.05) is 0 Å². The predicted octanol–water partition coefficient (Wildman–Crippen LogP) is -4.34. The van der Waals surface area contributed by atoms with Gasteiger partial charge in [0, 0.05) is 6.92 Å². The molecule has 1 unspecified atom stereocenters. The molecular weight excluding hydrogens is 316 g/mol. The van der Waals surface area contributed by atoms with E-state index in [-0.39, 0.29) is 0 Å². The van der Waals surface area contributed by atoms with Crippen molar-refractivity contribution in [2.75, 3.05) is 6.61 Å². The van der Waals surface area contributed by atoms with Gasteiger partial charge in [-0.3, -0.25) is 14.4 Å². The lowest BCUT2D eigenvalue weighted by molar-refractivity contribution is -0.302. The molecule has 1 rings (SSSR count). The number of aliphatic hydroxyl groups excluding tert-OH is 3. The van der Waals surface area contributed by atoms with E-state index in [0.717, 1.165) is 6.92 Å². The quantitative estimate of drug-likeness (QED) is 0.249. The molecule has 0 radical (unpaired) electrons. The molecule has 1 amide bonds. The van der Waals surface area contributed by atoms with Gasteiger partial charge in [0.25, 0.3) is 5.79 Å². The van der Waals surface area contributed by atoms with Gasteiger partial charge in [-0.25, -0.2) is 0 Å². The van der Waals surface area contributed by atoms with E-state index in [1.54, 1.807) is 0 Å². The second-order valence-corrected chi connectivity index (χ2v) is 5.26. The Balaban J connectivity index is 3.19. The number of aliphatic hydroxyl groups is 4. The third-order valence-corrected chi connectivity index (χ3v) is 3.45. The lowest BCUT2D eigenvalue weighted by Crippen LogP contribution is -2.74. The molecule has 11 nitrogen and oxygen atoms in total. The number of carboxylic acids is 1. The highest BCUT2D eigenvalue weighted by Crippen LogP contribution is 2.30. The molecule has 1 aliphatic rings. The summed E-state index contributed by atoms with van der Waals surface area (Å²) in [6, 6.07) is -3.50. The summed E-state index contributed by atoms with van der Waals surface area (Å²) < 4.78 is 4.94. The average molecular weight is 336 g/mol. The molecule has 0 aromatic heterocycles. The first-order valence-electron chi connectivity index (χ1n) is 6.70. The SMILES string of the molecule is CC(=O)N[C@@H]1[C@@H](O)[C@H](O)[C@@H](CO)OC1(O)C(=O)[C@@H](N)CC(=O)O. The zero-order valence-corrected chi connectivity index (χ0v) is 12.2. The number of hydrogen-bond donors (Lipinski definition) is 7. The molecule has 0 spiro atoms. The lowest BCUT2D eigenvalue weighted by Gasteiger charge is -2.47. The van der Waals surface area contributed by atoms with E-state index in [1.165, 1.54) is 0 Å². The van der Waals surface area contributed by atoms with E-state index in [2.05, 4.69) is 5.32 Å². The van der Waals surface area contributed by atoms with E-state index < -0.39 is 66.9 Å². The van der Waals surface area contributed by atoms with Gasteiger partial charge in [-0.2, -0.15) is 0 Å². The van der Waals surface area contributed by atoms with Crippen LogP contribution >= 0.6 is 0 Å². The smallest absolute Gasteiger partial charge is 0.305 e. The minimum absolute atomic E-state index is 0.759. The summed E-state index contributed by atoms with van der Waals surface area (Å²) in [6.07, 6.45) is -5.95. The monoisotopic (exact) mass is 336 g/mol. The van der Waals surface area contributed by atoms with Crippen LogP contribution < -0.4 is 11.1 Å². The molecule has 8 N–H and O–H groups in total. The Labute approximate surface area is 130 Å².